The van der Waals surface area contributed by atoms with Crippen molar-refractivity contribution in [3.8, 4) is 0 Å². The number of nitrogens with one attached hydrogen (secondary N) is 1. The molecule has 2 aromatic rings. The van der Waals surface area contributed by atoms with Gasteiger partial charge in [0.2, 0.25) is 5.88 Å². The Balaban J connectivity index is 1.67. The molecular weight excluding hydrogens is 400 g/mol. The Bertz CT molecular complexity index is 1040. The predicted molar refractivity (Wildman–Crippen MR) is 125 cm³/mol. The summed E-state index contributed by atoms with van der Waals surface area (Å²) in [4.78, 5) is 14.4. The van der Waals surface area contributed by atoms with Gasteiger partial charge in [-0.1, -0.05) is 19.0 Å². The Hall–Kier alpha value is -3.06. The van der Waals surface area contributed by atoms with Crippen LogP contribution in [0.2, 0.25) is 0 Å². The number of H-pyrrole nitrogens is 1. The minimum absolute atomic E-state index is 0.133. The van der Waals surface area contributed by atoms with Gasteiger partial charge in [0.15, 0.2) is 0 Å². The molecule has 2 aromatic heterocycles. The topological polar surface area (TPSA) is 88.7 Å². The van der Waals surface area contributed by atoms with E-state index < -0.39 is 0 Å². The highest BCUT2D eigenvalue weighted by Crippen LogP contribution is 2.35. The molecule has 0 aromatic carbocycles. The number of rotatable bonds is 8. The van der Waals surface area contributed by atoms with Gasteiger partial charge in [-0.25, -0.2) is 9.97 Å². The van der Waals surface area contributed by atoms with Crippen LogP contribution in [0.15, 0.2) is 47.6 Å². The summed E-state index contributed by atoms with van der Waals surface area (Å²) < 4.78 is 5.44. The van der Waals surface area contributed by atoms with Crippen LogP contribution in [0.4, 0.5) is 0 Å². The maximum atomic E-state index is 9.51. The van der Waals surface area contributed by atoms with Gasteiger partial charge in [0.05, 0.1) is 11.8 Å². The standard InChI is InChI=1S/C25H31N6O/c1-17(2)23-21(7-6-11-31-9-4-5-10-31)18(3)29-22(23)13-19-8-12-32-25(30-26)24(19)20-14-27-16-28-15-20/h8,12-17,29H,4-7,9-11H2,1-3H3. The number of hydrogen-bond acceptors (Lipinski definition) is 5. The summed E-state index contributed by atoms with van der Waals surface area (Å²) in [5.74, 6) is 0.514. The Labute approximate surface area is 189 Å². The van der Waals surface area contributed by atoms with Gasteiger partial charge < -0.3 is 14.6 Å². The normalized spacial score (nSPS) is 18.1. The second kappa shape index (κ2) is 10.0. The molecule has 4 rings (SSSR count). The van der Waals surface area contributed by atoms with Gasteiger partial charge in [-0.05, 0) is 92.5 Å². The van der Waals surface area contributed by atoms with Gasteiger partial charge >= 0.3 is 0 Å². The zero-order chi connectivity index (χ0) is 22.5. The van der Waals surface area contributed by atoms with E-state index >= 15 is 0 Å². The van der Waals surface area contributed by atoms with E-state index in [0.717, 1.165) is 23.3 Å². The molecule has 0 bridgehead atoms. The second-order valence-corrected chi connectivity index (χ2v) is 8.79. The molecule has 0 unspecified atom stereocenters. The maximum absolute atomic E-state index is 9.51. The molecule has 1 radical (unpaired) electrons. The molecule has 0 atom stereocenters. The molecule has 2 aliphatic heterocycles. The summed E-state index contributed by atoms with van der Waals surface area (Å²) in [5, 5.41) is 3.35. The van der Waals surface area contributed by atoms with Crippen molar-refractivity contribution in [1.82, 2.24) is 25.4 Å². The van der Waals surface area contributed by atoms with Crippen LogP contribution in [0.3, 0.4) is 0 Å². The lowest BCUT2D eigenvalue weighted by Crippen LogP contribution is -2.20. The van der Waals surface area contributed by atoms with E-state index in [1.54, 1.807) is 12.4 Å². The molecule has 0 saturated carbocycles. The van der Waals surface area contributed by atoms with Gasteiger partial charge in [-0.15, -0.1) is 0 Å². The summed E-state index contributed by atoms with van der Waals surface area (Å²) in [7, 11) is 0. The molecular formula is C25H31N6O. The summed E-state index contributed by atoms with van der Waals surface area (Å²) in [6.45, 7) is 10.3. The molecule has 7 nitrogen and oxygen atoms in total. The van der Waals surface area contributed by atoms with Crippen molar-refractivity contribution in [3.05, 3.63) is 70.6 Å². The number of aryl methyl sites for hydroxylation is 1. The monoisotopic (exact) mass is 431 g/mol. The third kappa shape index (κ3) is 4.72. The van der Waals surface area contributed by atoms with Crippen LogP contribution in [0, 0.1) is 6.92 Å². The van der Waals surface area contributed by atoms with Gasteiger partial charge in [-0.2, -0.15) is 0 Å². The number of hydrogen-bond donors (Lipinski definition) is 1. The quantitative estimate of drug-likeness (QED) is 0.607. The summed E-state index contributed by atoms with van der Waals surface area (Å²) in [5.41, 5.74) is 16.9. The highest BCUT2D eigenvalue weighted by molar-refractivity contribution is 5.88. The molecule has 1 N–H and O–H groups in total. The minimum Gasteiger partial charge on any atom is -0.445 e. The SMILES string of the molecule is Cc1[nH]c(C=C2C=COC(N=[N])=C2c2cncnc2)c(C(C)C)c1CCCN1CCCC1. The van der Waals surface area contributed by atoms with E-state index in [-0.39, 0.29) is 5.88 Å². The largest absolute Gasteiger partial charge is 0.445 e. The first-order valence-electron chi connectivity index (χ1n) is 11.4. The van der Waals surface area contributed by atoms with Crippen molar-refractivity contribution in [1.29, 1.82) is 0 Å². The van der Waals surface area contributed by atoms with E-state index in [9.17, 15) is 5.53 Å². The lowest BCUT2D eigenvalue weighted by atomic mass is 9.92. The first-order chi connectivity index (χ1) is 15.6. The van der Waals surface area contributed by atoms with E-state index in [2.05, 4.69) is 51.8 Å². The minimum atomic E-state index is 0.133. The molecule has 4 heterocycles. The highest BCUT2D eigenvalue weighted by atomic mass is 16.5. The average Bonchev–Trinajstić information content (AvgIpc) is 3.42. The molecule has 2 aliphatic rings. The summed E-state index contributed by atoms with van der Waals surface area (Å²) >= 11 is 0. The van der Waals surface area contributed by atoms with Crippen molar-refractivity contribution >= 4 is 11.6 Å². The van der Waals surface area contributed by atoms with Gasteiger partial charge in [0.25, 0.3) is 0 Å². The molecule has 0 spiro atoms. The highest BCUT2D eigenvalue weighted by Gasteiger charge is 2.22. The van der Waals surface area contributed by atoms with Crippen molar-refractivity contribution in [2.75, 3.05) is 19.6 Å². The fourth-order valence-corrected chi connectivity index (χ4v) is 4.80. The van der Waals surface area contributed by atoms with E-state index in [1.807, 2.05) is 6.08 Å². The third-order valence-electron chi connectivity index (χ3n) is 6.24. The van der Waals surface area contributed by atoms with Gasteiger partial charge in [0, 0.05) is 29.3 Å². The number of ether oxygens (including phenoxy) is 1. The lowest BCUT2D eigenvalue weighted by Gasteiger charge is -2.17. The van der Waals surface area contributed by atoms with Crippen molar-refractivity contribution in [2.45, 2.75) is 52.4 Å². The fraction of sp³-hybridized carbons (Fsp3) is 0.440. The molecule has 0 amide bonds. The number of aromatic amines is 1. The van der Waals surface area contributed by atoms with Crippen LogP contribution in [0.1, 0.15) is 67.1 Å². The number of nitrogens with zero attached hydrogens (tertiary/aromatic N) is 5. The van der Waals surface area contributed by atoms with Crippen molar-refractivity contribution in [3.63, 3.8) is 0 Å². The molecule has 7 heteroatoms. The number of likely N-dealkylation sites (tertiary alicyclic amines) is 1. The van der Waals surface area contributed by atoms with Crippen LogP contribution in [0.25, 0.3) is 11.6 Å². The molecule has 0 aliphatic carbocycles. The van der Waals surface area contributed by atoms with E-state index in [4.69, 9.17) is 4.74 Å². The molecule has 1 saturated heterocycles. The molecule has 1 fully saturated rings. The Morgan fingerprint density at radius 1 is 1.25 bits per heavy atom. The van der Waals surface area contributed by atoms with Crippen molar-refractivity contribution < 1.29 is 4.74 Å². The summed E-state index contributed by atoms with van der Waals surface area (Å²) in [6, 6.07) is 0. The third-order valence-corrected chi connectivity index (χ3v) is 6.24. The van der Waals surface area contributed by atoms with Crippen LogP contribution in [-0.4, -0.2) is 39.5 Å². The smallest absolute Gasteiger partial charge is 0.248 e. The Morgan fingerprint density at radius 2 is 2.00 bits per heavy atom. The second-order valence-electron chi connectivity index (χ2n) is 8.79. The zero-order valence-electron chi connectivity index (χ0n) is 19.1. The van der Waals surface area contributed by atoms with E-state index in [1.165, 1.54) is 68.3 Å². The zero-order valence-corrected chi connectivity index (χ0v) is 19.1. The Morgan fingerprint density at radius 3 is 2.69 bits per heavy atom. The van der Waals surface area contributed by atoms with Crippen LogP contribution in [0.5, 0.6) is 0 Å². The first kappa shape index (κ1) is 22.1. The number of allylic oxidation sites excluding steroid dienone is 3. The fourth-order valence-electron chi connectivity index (χ4n) is 4.80. The van der Waals surface area contributed by atoms with Crippen LogP contribution >= 0.6 is 0 Å². The molecule has 32 heavy (non-hydrogen) atoms. The number of aromatic nitrogens is 3. The first-order valence-corrected chi connectivity index (χ1v) is 11.4. The van der Waals surface area contributed by atoms with Crippen LogP contribution < -0.4 is 5.53 Å². The van der Waals surface area contributed by atoms with E-state index in [0.29, 0.717) is 11.5 Å². The average molecular weight is 432 g/mol. The summed E-state index contributed by atoms with van der Waals surface area (Å²) in [6.07, 6.45) is 15.3. The Kier molecular flexibility index (Phi) is 6.95. The van der Waals surface area contributed by atoms with Gasteiger partial charge in [0.1, 0.15) is 6.33 Å². The van der Waals surface area contributed by atoms with Gasteiger partial charge in [-0.3, -0.25) is 0 Å². The van der Waals surface area contributed by atoms with Crippen LogP contribution in [-0.2, 0) is 11.2 Å². The maximum Gasteiger partial charge on any atom is 0.248 e. The lowest BCUT2D eigenvalue weighted by molar-refractivity contribution is 0.334. The predicted octanol–water partition coefficient (Wildman–Crippen LogP) is 4.81. The van der Waals surface area contributed by atoms with Crippen molar-refractivity contribution in [2.24, 2.45) is 5.11 Å². The molecule has 167 valence electrons.